The highest BCUT2D eigenvalue weighted by Gasteiger charge is 2.23. The molecule has 0 bridgehead atoms. The number of amides is 1. The zero-order valence-electron chi connectivity index (χ0n) is 12.8. The molecule has 104 valence electrons. The lowest BCUT2D eigenvalue weighted by Gasteiger charge is -2.28. The van der Waals surface area contributed by atoms with Crippen molar-refractivity contribution in [1.29, 1.82) is 0 Å². The van der Waals surface area contributed by atoms with E-state index in [0.29, 0.717) is 6.42 Å². The van der Waals surface area contributed by atoms with Crippen LogP contribution in [0.4, 0.5) is 5.69 Å². The van der Waals surface area contributed by atoms with Crippen LogP contribution in [0.2, 0.25) is 0 Å². The average molecular weight is 259 g/mol. The first-order chi connectivity index (χ1) is 8.78. The molecule has 0 saturated heterocycles. The van der Waals surface area contributed by atoms with Crippen LogP contribution >= 0.6 is 0 Å². The van der Waals surface area contributed by atoms with E-state index in [0.717, 1.165) is 17.7 Å². The van der Waals surface area contributed by atoms with E-state index in [1.54, 1.807) is 0 Å². The van der Waals surface area contributed by atoms with Crippen molar-refractivity contribution in [2.24, 2.45) is 0 Å². The van der Waals surface area contributed by atoms with Gasteiger partial charge in [-0.2, -0.15) is 0 Å². The van der Waals surface area contributed by atoms with Crippen molar-refractivity contribution >= 4 is 11.6 Å². The maximum absolute atomic E-state index is 11.7. The van der Waals surface area contributed by atoms with Gasteiger partial charge in [0, 0.05) is 17.5 Å². The summed E-state index contributed by atoms with van der Waals surface area (Å²) in [5, 5.41) is 2.95. The number of carbonyl (C=O) groups excluding carboxylic acids is 1. The summed E-state index contributed by atoms with van der Waals surface area (Å²) in [6, 6.07) is 6.08. The molecule has 0 unspecified atom stereocenters. The van der Waals surface area contributed by atoms with Crippen molar-refractivity contribution < 1.29 is 4.79 Å². The molecular weight excluding hydrogens is 234 g/mol. The van der Waals surface area contributed by atoms with Gasteiger partial charge in [0.05, 0.1) is 0 Å². The third-order valence-electron chi connectivity index (χ3n) is 3.74. The summed E-state index contributed by atoms with van der Waals surface area (Å²) in [7, 11) is 0. The predicted molar refractivity (Wildman–Crippen MR) is 82.6 cm³/mol. The normalized spacial score (nSPS) is 11.2. The highest BCUT2D eigenvalue weighted by Crippen LogP contribution is 2.34. The predicted octanol–water partition coefficient (Wildman–Crippen LogP) is 4.59. The Morgan fingerprint density at radius 2 is 2.00 bits per heavy atom. The maximum Gasteiger partial charge on any atom is 0.224 e. The van der Waals surface area contributed by atoms with Gasteiger partial charge in [-0.3, -0.25) is 4.79 Å². The fourth-order valence-electron chi connectivity index (χ4n) is 2.05. The monoisotopic (exact) mass is 259 g/mol. The Morgan fingerprint density at radius 3 is 2.53 bits per heavy atom. The summed E-state index contributed by atoms with van der Waals surface area (Å²) in [5.41, 5.74) is 4.34. The number of carbonyl (C=O) groups is 1. The van der Waals surface area contributed by atoms with Gasteiger partial charge in [-0.25, -0.2) is 0 Å². The molecule has 1 N–H and O–H groups in total. The molecule has 0 aromatic heterocycles. The van der Waals surface area contributed by atoms with E-state index in [4.69, 9.17) is 0 Å². The summed E-state index contributed by atoms with van der Waals surface area (Å²) in [6.07, 6.45) is 1.43. The van der Waals surface area contributed by atoms with E-state index in [-0.39, 0.29) is 11.3 Å². The van der Waals surface area contributed by atoms with Crippen LogP contribution in [0.5, 0.6) is 0 Å². The molecule has 1 amide bonds. The van der Waals surface area contributed by atoms with Gasteiger partial charge in [-0.05, 0) is 43.5 Å². The second kappa shape index (κ2) is 6.05. The van der Waals surface area contributed by atoms with Crippen LogP contribution in [0.3, 0.4) is 0 Å². The summed E-state index contributed by atoms with van der Waals surface area (Å²) in [5.74, 6) is 0.0745. The standard InChI is InChI=1S/C17H25NO/c1-7-8-16(19)18-14-10-9-13(4)15(11-14)17(5,6)12(2)3/h9-11H,2,7-8H2,1,3-6H3,(H,18,19). The minimum absolute atomic E-state index is 0.0745. The van der Waals surface area contributed by atoms with Gasteiger partial charge in [0.25, 0.3) is 0 Å². The summed E-state index contributed by atoms with van der Waals surface area (Å²) in [4.78, 5) is 11.7. The molecule has 0 saturated carbocycles. The Kier molecular flexibility index (Phi) is 4.93. The highest BCUT2D eigenvalue weighted by atomic mass is 16.1. The lowest BCUT2D eigenvalue weighted by molar-refractivity contribution is -0.116. The van der Waals surface area contributed by atoms with E-state index < -0.39 is 0 Å². The van der Waals surface area contributed by atoms with E-state index in [9.17, 15) is 4.79 Å². The van der Waals surface area contributed by atoms with Gasteiger partial charge in [0.15, 0.2) is 0 Å². The Hall–Kier alpha value is -1.57. The fourth-order valence-corrected chi connectivity index (χ4v) is 2.05. The summed E-state index contributed by atoms with van der Waals surface area (Å²) < 4.78 is 0. The van der Waals surface area contributed by atoms with Crippen LogP contribution in [0, 0.1) is 6.92 Å². The fraction of sp³-hybridized carbons (Fsp3) is 0.471. The molecule has 19 heavy (non-hydrogen) atoms. The van der Waals surface area contributed by atoms with Crippen molar-refractivity contribution in [3.8, 4) is 0 Å². The van der Waals surface area contributed by atoms with Crippen molar-refractivity contribution in [1.82, 2.24) is 0 Å². The highest BCUT2D eigenvalue weighted by molar-refractivity contribution is 5.90. The Morgan fingerprint density at radius 1 is 1.37 bits per heavy atom. The third-order valence-corrected chi connectivity index (χ3v) is 3.74. The average Bonchev–Trinajstić information content (AvgIpc) is 2.31. The van der Waals surface area contributed by atoms with Crippen molar-refractivity contribution in [2.45, 2.75) is 52.9 Å². The molecule has 1 aromatic rings. The number of aryl methyl sites for hydroxylation is 1. The molecule has 2 heteroatoms. The van der Waals surface area contributed by atoms with Crippen LogP contribution in [-0.4, -0.2) is 5.91 Å². The first-order valence-corrected chi connectivity index (χ1v) is 6.86. The van der Waals surface area contributed by atoms with E-state index in [1.165, 1.54) is 11.1 Å². The zero-order valence-corrected chi connectivity index (χ0v) is 12.8. The largest absolute Gasteiger partial charge is 0.326 e. The molecule has 0 atom stereocenters. The molecule has 0 spiro atoms. The number of rotatable bonds is 5. The molecule has 0 aliphatic rings. The summed E-state index contributed by atoms with van der Waals surface area (Å²) in [6.45, 7) is 14.5. The molecule has 2 nitrogen and oxygen atoms in total. The van der Waals surface area contributed by atoms with Gasteiger partial charge >= 0.3 is 0 Å². The smallest absolute Gasteiger partial charge is 0.224 e. The van der Waals surface area contributed by atoms with Gasteiger partial charge in [0.1, 0.15) is 0 Å². The molecule has 1 rings (SSSR count). The molecule has 1 aromatic carbocycles. The number of anilines is 1. The Bertz CT molecular complexity index is 486. The summed E-state index contributed by atoms with van der Waals surface area (Å²) >= 11 is 0. The Balaban J connectivity index is 3.08. The van der Waals surface area contributed by atoms with Crippen LogP contribution in [-0.2, 0) is 10.2 Å². The lowest BCUT2D eigenvalue weighted by atomic mass is 9.77. The first-order valence-electron chi connectivity index (χ1n) is 6.86. The van der Waals surface area contributed by atoms with Gasteiger partial charge in [0.2, 0.25) is 5.91 Å². The number of hydrogen-bond acceptors (Lipinski definition) is 1. The second-order valence-corrected chi connectivity index (χ2v) is 5.73. The van der Waals surface area contributed by atoms with Gasteiger partial charge in [-0.15, -0.1) is 0 Å². The van der Waals surface area contributed by atoms with Crippen molar-refractivity contribution in [3.63, 3.8) is 0 Å². The zero-order chi connectivity index (χ0) is 14.6. The van der Waals surface area contributed by atoms with E-state index >= 15 is 0 Å². The molecular formula is C17H25NO. The second-order valence-electron chi connectivity index (χ2n) is 5.73. The first kappa shape index (κ1) is 15.5. The third kappa shape index (κ3) is 3.69. The molecule has 0 fully saturated rings. The number of allylic oxidation sites excluding steroid dienone is 1. The van der Waals surface area contributed by atoms with Crippen molar-refractivity contribution in [2.75, 3.05) is 5.32 Å². The SMILES string of the molecule is C=C(C)C(C)(C)c1cc(NC(=O)CCC)ccc1C. The lowest BCUT2D eigenvalue weighted by Crippen LogP contribution is -2.20. The minimum atomic E-state index is -0.0877. The van der Waals surface area contributed by atoms with Crippen LogP contribution in [0.25, 0.3) is 0 Å². The van der Waals surface area contributed by atoms with Crippen LogP contribution < -0.4 is 5.32 Å². The molecule has 0 radical (unpaired) electrons. The van der Waals surface area contributed by atoms with Crippen LogP contribution in [0.1, 0.15) is 51.7 Å². The maximum atomic E-state index is 11.7. The van der Waals surface area contributed by atoms with E-state index in [1.807, 2.05) is 19.9 Å². The molecule has 0 heterocycles. The quantitative estimate of drug-likeness (QED) is 0.770. The molecule has 0 aliphatic carbocycles. The minimum Gasteiger partial charge on any atom is -0.326 e. The van der Waals surface area contributed by atoms with Gasteiger partial charge < -0.3 is 5.32 Å². The van der Waals surface area contributed by atoms with Crippen LogP contribution in [0.15, 0.2) is 30.4 Å². The number of benzene rings is 1. The number of nitrogens with one attached hydrogen (secondary N) is 1. The van der Waals surface area contributed by atoms with Crippen molar-refractivity contribution in [3.05, 3.63) is 41.5 Å². The van der Waals surface area contributed by atoms with E-state index in [2.05, 4.69) is 44.8 Å². The Labute approximate surface area is 116 Å². The number of hydrogen-bond donors (Lipinski definition) is 1. The molecule has 0 aliphatic heterocycles. The van der Waals surface area contributed by atoms with Gasteiger partial charge in [-0.1, -0.05) is 39.0 Å². The topological polar surface area (TPSA) is 29.1 Å².